The number of nitrogens with zero attached hydrogens (tertiary/aromatic N) is 1. The van der Waals surface area contributed by atoms with E-state index in [0.717, 1.165) is 5.56 Å². The van der Waals surface area contributed by atoms with Gasteiger partial charge in [0, 0.05) is 25.0 Å². The summed E-state index contributed by atoms with van der Waals surface area (Å²) < 4.78 is 1.91. The van der Waals surface area contributed by atoms with Gasteiger partial charge in [-0.2, -0.15) is 0 Å². The van der Waals surface area contributed by atoms with Crippen LogP contribution in [0.15, 0.2) is 48.8 Å². The summed E-state index contributed by atoms with van der Waals surface area (Å²) in [6, 6.07) is 12.2. The first-order valence-corrected chi connectivity index (χ1v) is 6.82. The number of hydrogen-bond donors (Lipinski definition) is 2. The molecule has 0 aliphatic carbocycles. The Morgan fingerprint density at radius 3 is 2.70 bits per heavy atom. The molecule has 106 valence electrons. The molecule has 1 unspecified atom stereocenters. The smallest absolute Gasteiger partial charge is 0.240 e. The Balaban J connectivity index is 1.84. The molecule has 20 heavy (non-hydrogen) atoms. The van der Waals surface area contributed by atoms with E-state index in [4.69, 9.17) is 0 Å². The number of amides is 1. The van der Waals surface area contributed by atoms with E-state index in [2.05, 4.69) is 17.6 Å². The van der Waals surface area contributed by atoms with Crippen LogP contribution in [0, 0.1) is 0 Å². The SMILES string of the molecule is CNC(C)c1ccn(CC(=O)NCc2ccccc2)c1. The van der Waals surface area contributed by atoms with Crippen molar-refractivity contribution in [2.45, 2.75) is 26.1 Å². The Morgan fingerprint density at radius 2 is 2.00 bits per heavy atom. The molecule has 1 aromatic carbocycles. The quantitative estimate of drug-likeness (QED) is 0.845. The van der Waals surface area contributed by atoms with Crippen molar-refractivity contribution in [2.24, 2.45) is 0 Å². The van der Waals surface area contributed by atoms with Crippen LogP contribution in [0.1, 0.15) is 24.1 Å². The molecule has 2 N–H and O–H groups in total. The fourth-order valence-corrected chi connectivity index (χ4v) is 2.00. The monoisotopic (exact) mass is 271 g/mol. The van der Waals surface area contributed by atoms with E-state index < -0.39 is 0 Å². The second kappa shape index (κ2) is 6.91. The van der Waals surface area contributed by atoms with Crippen LogP contribution >= 0.6 is 0 Å². The highest BCUT2D eigenvalue weighted by Crippen LogP contribution is 2.11. The number of aromatic nitrogens is 1. The molecule has 0 fully saturated rings. The van der Waals surface area contributed by atoms with Gasteiger partial charge >= 0.3 is 0 Å². The third-order valence-corrected chi connectivity index (χ3v) is 3.37. The molecule has 1 heterocycles. The van der Waals surface area contributed by atoms with Gasteiger partial charge in [0.25, 0.3) is 0 Å². The van der Waals surface area contributed by atoms with E-state index in [1.165, 1.54) is 5.56 Å². The van der Waals surface area contributed by atoms with Gasteiger partial charge in [0.15, 0.2) is 0 Å². The molecule has 0 radical (unpaired) electrons. The first-order chi connectivity index (χ1) is 9.69. The summed E-state index contributed by atoms with van der Waals surface area (Å²) in [6.45, 7) is 3.01. The van der Waals surface area contributed by atoms with E-state index in [0.29, 0.717) is 19.1 Å². The number of benzene rings is 1. The molecule has 1 amide bonds. The molecule has 1 atom stereocenters. The van der Waals surface area contributed by atoms with Crippen LogP contribution in [0.5, 0.6) is 0 Å². The minimum Gasteiger partial charge on any atom is -0.350 e. The predicted octanol–water partition coefficient (Wildman–Crippen LogP) is 2.08. The fourth-order valence-electron chi connectivity index (χ4n) is 2.00. The van der Waals surface area contributed by atoms with Crippen molar-refractivity contribution >= 4 is 5.91 Å². The lowest BCUT2D eigenvalue weighted by molar-refractivity contribution is -0.121. The summed E-state index contributed by atoms with van der Waals surface area (Å²) >= 11 is 0. The van der Waals surface area contributed by atoms with Crippen molar-refractivity contribution < 1.29 is 4.79 Å². The Hall–Kier alpha value is -2.07. The van der Waals surface area contributed by atoms with Crippen molar-refractivity contribution in [3.8, 4) is 0 Å². The molecule has 1 aromatic heterocycles. The van der Waals surface area contributed by atoms with Crippen molar-refractivity contribution in [3.05, 3.63) is 59.9 Å². The van der Waals surface area contributed by atoms with E-state index >= 15 is 0 Å². The Labute approximate surface area is 119 Å². The van der Waals surface area contributed by atoms with Crippen LogP contribution < -0.4 is 10.6 Å². The van der Waals surface area contributed by atoms with E-state index in [1.54, 1.807) is 0 Å². The largest absolute Gasteiger partial charge is 0.350 e. The summed E-state index contributed by atoms with van der Waals surface area (Å²) in [6.07, 6.45) is 3.94. The van der Waals surface area contributed by atoms with Crippen LogP contribution in [0.4, 0.5) is 0 Å². The normalized spacial score (nSPS) is 12.1. The lowest BCUT2D eigenvalue weighted by Gasteiger charge is -2.08. The zero-order chi connectivity index (χ0) is 14.4. The maximum Gasteiger partial charge on any atom is 0.240 e. The Kier molecular flexibility index (Phi) is 4.96. The van der Waals surface area contributed by atoms with Gasteiger partial charge in [-0.3, -0.25) is 4.79 Å². The molecule has 0 aliphatic rings. The average Bonchev–Trinajstić information content (AvgIpc) is 2.94. The minimum absolute atomic E-state index is 0.0214. The third-order valence-electron chi connectivity index (χ3n) is 3.37. The number of hydrogen-bond acceptors (Lipinski definition) is 2. The predicted molar refractivity (Wildman–Crippen MR) is 80.2 cm³/mol. The van der Waals surface area contributed by atoms with Gasteiger partial charge in [-0.25, -0.2) is 0 Å². The maximum absolute atomic E-state index is 11.9. The molecular weight excluding hydrogens is 250 g/mol. The Morgan fingerprint density at radius 1 is 1.25 bits per heavy atom. The van der Waals surface area contributed by atoms with Crippen LogP contribution in [0.2, 0.25) is 0 Å². The topological polar surface area (TPSA) is 46.1 Å². The second-order valence-electron chi connectivity index (χ2n) is 4.89. The molecule has 2 aromatic rings. The van der Waals surface area contributed by atoms with Crippen LogP contribution in [-0.2, 0) is 17.9 Å². The van der Waals surface area contributed by atoms with Gasteiger partial charge in [0.05, 0.1) is 0 Å². The molecule has 0 saturated heterocycles. The molecule has 0 spiro atoms. The maximum atomic E-state index is 11.9. The fraction of sp³-hybridized carbons (Fsp3) is 0.312. The van der Waals surface area contributed by atoms with Crippen molar-refractivity contribution in [2.75, 3.05) is 7.05 Å². The number of carbonyl (C=O) groups excluding carboxylic acids is 1. The highest BCUT2D eigenvalue weighted by atomic mass is 16.1. The molecule has 0 saturated carbocycles. The summed E-state index contributed by atoms with van der Waals surface area (Å²) in [5, 5.41) is 6.11. The van der Waals surface area contributed by atoms with Crippen molar-refractivity contribution in [1.82, 2.24) is 15.2 Å². The van der Waals surface area contributed by atoms with Crippen molar-refractivity contribution in [3.63, 3.8) is 0 Å². The van der Waals surface area contributed by atoms with Gasteiger partial charge in [-0.15, -0.1) is 0 Å². The highest BCUT2D eigenvalue weighted by Gasteiger charge is 2.06. The number of nitrogens with one attached hydrogen (secondary N) is 2. The first kappa shape index (κ1) is 14.3. The first-order valence-electron chi connectivity index (χ1n) is 6.82. The summed E-state index contributed by atoms with van der Waals surface area (Å²) in [5.41, 5.74) is 2.29. The number of carbonyl (C=O) groups is 1. The van der Waals surface area contributed by atoms with Gasteiger partial charge in [-0.05, 0) is 31.2 Å². The molecule has 4 nitrogen and oxygen atoms in total. The molecule has 4 heteroatoms. The van der Waals surface area contributed by atoms with Crippen molar-refractivity contribution in [1.29, 1.82) is 0 Å². The lowest BCUT2D eigenvalue weighted by atomic mass is 10.2. The Bertz CT molecular complexity index is 548. The van der Waals surface area contributed by atoms with Crippen LogP contribution in [0.3, 0.4) is 0 Å². The average molecular weight is 271 g/mol. The molecule has 0 aliphatic heterocycles. The third kappa shape index (κ3) is 3.96. The summed E-state index contributed by atoms with van der Waals surface area (Å²) in [7, 11) is 1.93. The molecular formula is C16H21N3O. The van der Waals surface area contributed by atoms with Gasteiger partial charge in [0.2, 0.25) is 5.91 Å². The summed E-state index contributed by atoms with van der Waals surface area (Å²) in [4.78, 5) is 11.9. The van der Waals surface area contributed by atoms with E-state index in [9.17, 15) is 4.79 Å². The zero-order valence-corrected chi connectivity index (χ0v) is 12.0. The second-order valence-corrected chi connectivity index (χ2v) is 4.89. The van der Waals surface area contributed by atoms with Crippen LogP contribution in [0.25, 0.3) is 0 Å². The van der Waals surface area contributed by atoms with Crippen LogP contribution in [-0.4, -0.2) is 17.5 Å². The van der Waals surface area contributed by atoms with E-state index in [1.807, 2.05) is 60.4 Å². The minimum atomic E-state index is 0.0214. The highest BCUT2D eigenvalue weighted by molar-refractivity contribution is 5.75. The summed E-state index contributed by atoms with van der Waals surface area (Å²) in [5.74, 6) is 0.0214. The lowest BCUT2D eigenvalue weighted by Crippen LogP contribution is -2.26. The van der Waals surface area contributed by atoms with Gasteiger partial charge in [0.1, 0.15) is 6.54 Å². The molecule has 0 bridgehead atoms. The standard InChI is InChI=1S/C16H21N3O/c1-13(17-2)15-8-9-19(11-15)12-16(20)18-10-14-6-4-3-5-7-14/h3-9,11,13,17H,10,12H2,1-2H3,(H,18,20). The van der Waals surface area contributed by atoms with E-state index in [-0.39, 0.29) is 5.91 Å². The van der Waals surface area contributed by atoms with Gasteiger partial charge in [-0.1, -0.05) is 30.3 Å². The molecule has 2 rings (SSSR count). The van der Waals surface area contributed by atoms with Gasteiger partial charge < -0.3 is 15.2 Å². The number of rotatable bonds is 6. The zero-order valence-electron chi connectivity index (χ0n) is 12.0.